The van der Waals surface area contributed by atoms with Gasteiger partial charge in [0.1, 0.15) is 0 Å². The van der Waals surface area contributed by atoms with E-state index in [4.69, 9.17) is 11.6 Å². The molecule has 4 heteroatoms. The fraction of sp³-hybridized carbons (Fsp3) is 0.500. The number of halogens is 2. The second-order valence-electron chi connectivity index (χ2n) is 5.06. The summed E-state index contributed by atoms with van der Waals surface area (Å²) in [4.78, 5) is 12.1. The molecule has 2 rings (SSSR count). The summed E-state index contributed by atoms with van der Waals surface area (Å²) in [7, 11) is 0. The fourth-order valence-corrected chi connectivity index (χ4v) is 2.92. The molecule has 1 fully saturated rings. The van der Waals surface area contributed by atoms with Gasteiger partial charge in [-0.3, -0.25) is 4.79 Å². The molecule has 1 N–H and O–H groups in total. The van der Waals surface area contributed by atoms with E-state index in [1.165, 1.54) is 12.8 Å². The van der Waals surface area contributed by atoms with Crippen molar-refractivity contribution in [1.82, 2.24) is 5.32 Å². The third-order valence-corrected chi connectivity index (χ3v) is 4.88. The Morgan fingerprint density at radius 2 is 2.22 bits per heavy atom. The van der Waals surface area contributed by atoms with Crippen molar-refractivity contribution in [3.63, 3.8) is 0 Å². The quantitative estimate of drug-likeness (QED) is 0.815. The van der Waals surface area contributed by atoms with Crippen molar-refractivity contribution < 1.29 is 4.79 Å². The molecule has 0 bridgehead atoms. The number of alkyl halides is 1. The molecule has 18 heavy (non-hydrogen) atoms. The lowest BCUT2D eigenvalue weighted by Crippen LogP contribution is -2.30. The molecule has 1 aromatic carbocycles. The molecule has 0 aliphatic heterocycles. The van der Waals surface area contributed by atoms with Crippen molar-refractivity contribution in [2.24, 2.45) is 5.41 Å². The molecule has 0 saturated heterocycles. The summed E-state index contributed by atoms with van der Waals surface area (Å²) in [5.41, 5.74) is 2.05. The van der Waals surface area contributed by atoms with Crippen molar-refractivity contribution in [2.45, 2.75) is 26.2 Å². The molecule has 98 valence electrons. The number of rotatable bonds is 5. The minimum Gasteiger partial charge on any atom is -0.351 e. The second-order valence-corrected chi connectivity index (χ2v) is 6.23. The molecular formula is C14H17BrClNO. The van der Waals surface area contributed by atoms with Crippen LogP contribution in [-0.2, 0) is 0 Å². The van der Waals surface area contributed by atoms with E-state index in [1.807, 2.05) is 25.1 Å². The van der Waals surface area contributed by atoms with Crippen LogP contribution in [0.2, 0.25) is 0 Å². The van der Waals surface area contributed by atoms with Gasteiger partial charge in [0.15, 0.2) is 0 Å². The lowest BCUT2D eigenvalue weighted by Gasteiger charge is -2.15. The molecule has 0 aromatic heterocycles. The minimum absolute atomic E-state index is 0.00794. The molecule has 1 aliphatic rings. The second kappa shape index (κ2) is 5.62. The number of benzene rings is 1. The zero-order chi connectivity index (χ0) is 13.2. The van der Waals surface area contributed by atoms with Crippen molar-refractivity contribution in [1.29, 1.82) is 0 Å². The lowest BCUT2D eigenvalue weighted by atomic mass is 10.0. The van der Waals surface area contributed by atoms with Crippen LogP contribution >= 0.6 is 27.5 Å². The van der Waals surface area contributed by atoms with Gasteiger partial charge in [0.2, 0.25) is 0 Å². The van der Waals surface area contributed by atoms with Crippen molar-refractivity contribution in [3.05, 3.63) is 33.8 Å². The van der Waals surface area contributed by atoms with Crippen LogP contribution < -0.4 is 5.32 Å². The average Bonchev–Trinajstić information content (AvgIpc) is 3.11. The molecular weight excluding hydrogens is 314 g/mol. The number of aryl methyl sites for hydroxylation is 1. The molecule has 1 aromatic rings. The fourth-order valence-electron chi connectivity index (χ4n) is 2.08. The van der Waals surface area contributed by atoms with Gasteiger partial charge >= 0.3 is 0 Å². The van der Waals surface area contributed by atoms with Gasteiger partial charge in [-0.25, -0.2) is 0 Å². The highest BCUT2D eigenvalue weighted by Crippen LogP contribution is 2.48. The number of hydrogen-bond acceptors (Lipinski definition) is 1. The number of nitrogens with one attached hydrogen (secondary N) is 1. The molecule has 0 heterocycles. The van der Waals surface area contributed by atoms with E-state index >= 15 is 0 Å². The zero-order valence-corrected chi connectivity index (χ0v) is 12.8. The van der Waals surface area contributed by atoms with Gasteiger partial charge in [-0.2, -0.15) is 0 Å². The summed E-state index contributed by atoms with van der Waals surface area (Å²) in [5, 5.41) is 3.03. The highest BCUT2D eigenvalue weighted by Gasteiger charge is 2.41. The van der Waals surface area contributed by atoms with Crippen LogP contribution in [0.25, 0.3) is 0 Å². The smallest absolute Gasteiger partial charge is 0.252 e. The van der Waals surface area contributed by atoms with Crippen LogP contribution in [-0.4, -0.2) is 18.3 Å². The molecule has 0 spiro atoms. The zero-order valence-electron chi connectivity index (χ0n) is 10.4. The molecule has 1 amide bonds. The minimum atomic E-state index is -0.00794. The summed E-state index contributed by atoms with van der Waals surface area (Å²) in [5.74, 6) is 0.663. The Morgan fingerprint density at radius 3 is 2.83 bits per heavy atom. The summed E-state index contributed by atoms with van der Waals surface area (Å²) < 4.78 is 0.879. The van der Waals surface area contributed by atoms with E-state index in [1.54, 1.807) is 0 Å². The van der Waals surface area contributed by atoms with Gasteiger partial charge in [0.25, 0.3) is 5.91 Å². The van der Waals surface area contributed by atoms with Crippen molar-refractivity contribution in [3.8, 4) is 0 Å². The third kappa shape index (κ3) is 3.07. The number of carbonyl (C=O) groups is 1. The largest absolute Gasteiger partial charge is 0.351 e. The monoisotopic (exact) mass is 329 g/mol. The van der Waals surface area contributed by atoms with Crippen LogP contribution in [0.1, 0.15) is 35.2 Å². The maximum atomic E-state index is 12.1. The number of carbonyl (C=O) groups excluding carboxylic acids is 1. The first-order valence-electron chi connectivity index (χ1n) is 6.17. The molecule has 0 radical (unpaired) electrons. The Labute approximate surface area is 121 Å². The highest BCUT2D eigenvalue weighted by atomic mass is 79.9. The topological polar surface area (TPSA) is 29.1 Å². The summed E-state index contributed by atoms with van der Waals surface area (Å²) >= 11 is 9.25. The summed E-state index contributed by atoms with van der Waals surface area (Å²) in [6.07, 6.45) is 3.34. The number of amides is 1. The first-order valence-corrected chi connectivity index (χ1v) is 7.50. The molecule has 0 atom stereocenters. The van der Waals surface area contributed by atoms with Gasteiger partial charge < -0.3 is 5.32 Å². The Morgan fingerprint density at radius 1 is 1.50 bits per heavy atom. The Bertz CT molecular complexity index is 457. The Balaban J connectivity index is 1.98. The molecule has 1 aliphatic carbocycles. The molecule has 0 unspecified atom stereocenters. The van der Waals surface area contributed by atoms with E-state index in [9.17, 15) is 4.79 Å². The normalized spacial score (nSPS) is 16.4. The van der Waals surface area contributed by atoms with Crippen LogP contribution in [0.5, 0.6) is 0 Å². The first-order chi connectivity index (χ1) is 8.58. The van der Waals surface area contributed by atoms with Crippen LogP contribution in [0.15, 0.2) is 22.7 Å². The molecule has 1 saturated carbocycles. The third-order valence-electron chi connectivity index (χ3n) is 3.64. The lowest BCUT2D eigenvalue weighted by molar-refractivity contribution is 0.0943. The van der Waals surface area contributed by atoms with Gasteiger partial charge in [-0.1, -0.05) is 12.1 Å². The summed E-state index contributed by atoms with van der Waals surface area (Å²) in [6.45, 7) is 2.72. The Kier molecular flexibility index (Phi) is 4.33. The summed E-state index contributed by atoms with van der Waals surface area (Å²) in [6, 6.07) is 5.73. The SMILES string of the molecule is Cc1cccc(C(=O)NCC2(CCCl)CC2)c1Br. The molecule has 2 nitrogen and oxygen atoms in total. The maximum absolute atomic E-state index is 12.1. The van der Waals surface area contributed by atoms with E-state index in [-0.39, 0.29) is 11.3 Å². The van der Waals surface area contributed by atoms with Crippen molar-refractivity contribution in [2.75, 3.05) is 12.4 Å². The van der Waals surface area contributed by atoms with Gasteiger partial charge in [-0.05, 0) is 59.2 Å². The first kappa shape index (κ1) is 13.9. The van der Waals surface area contributed by atoms with E-state index < -0.39 is 0 Å². The highest BCUT2D eigenvalue weighted by molar-refractivity contribution is 9.10. The van der Waals surface area contributed by atoms with Crippen LogP contribution in [0, 0.1) is 12.3 Å². The van der Waals surface area contributed by atoms with Crippen LogP contribution in [0.3, 0.4) is 0 Å². The van der Waals surface area contributed by atoms with Gasteiger partial charge in [0, 0.05) is 16.9 Å². The van der Waals surface area contributed by atoms with E-state index in [2.05, 4.69) is 21.2 Å². The van der Waals surface area contributed by atoms with Crippen LogP contribution in [0.4, 0.5) is 0 Å². The van der Waals surface area contributed by atoms with Crippen molar-refractivity contribution >= 4 is 33.4 Å². The predicted octanol–water partition coefficient (Wildman–Crippen LogP) is 3.90. The van der Waals surface area contributed by atoms with Gasteiger partial charge in [0.05, 0.1) is 5.56 Å². The van der Waals surface area contributed by atoms with Gasteiger partial charge in [-0.15, -0.1) is 11.6 Å². The Hall–Kier alpha value is -0.540. The van der Waals surface area contributed by atoms with E-state index in [0.717, 1.165) is 23.0 Å². The van der Waals surface area contributed by atoms with E-state index in [0.29, 0.717) is 11.4 Å². The number of hydrogen-bond donors (Lipinski definition) is 1. The predicted molar refractivity (Wildman–Crippen MR) is 78.2 cm³/mol. The standard InChI is InChI=1S/C14H17BrClNO/c1-10-3-2-4-11(12(10)15)13(18)17-9-14(5-6-14)7-8-16/h2-4H,5-9H2,1H3,(H,17,18). The maximum Gasteiger partial charge on any atom is 0.252 e. The average molecular weight is 331 g/mol.